The largest absolute Gasteiger partial charge is 0.478 e. The van der Waals surface area contributed by atoms with E-state index in [-0.39, 0.29) is 5.56 Å². The fourth-order valence-electron chi connectivity index (χ4n) is 2.43. The zero-order valence-corrected chi connectivity index (χ0v) is 10.8. The summed E-state index contributed by atoms with van der Waals surface area (Å²) in [6, 6.07) is 14.4. The van der Waals surface area contributed by atoms with Crippen LogP contribution in [0.15, 0.2) is 52.9 Å². The number of benzene rings is 2. The van der Waals surface area contributed by atoms with Crippen molar-refractivity contribution in [2.24, 2.45) is 0 Å². The Morgan fingerprint density at radius 1 is 1.14 bits per heavy atom. The molecule has 2 heterocycles. The van der Waals surface area contributed by atoms with E-state index in [0.29, 0.717) is 11.5 Å². The van der Waals surface area contributed by atoms with Crippen LogP contribution >= 0.6 is 0 Å². The number of fused-ring (bicyclic) bond motifs is 2. The minimum Gasteiger partial charge on any atom is -0.478 e. The zero-order valence-electron chi connectivity index (χ0n) is 10.8. The Kier molecular flexibility index (Phi) is 2.35. The van der Waals surface area contributed by atoms with Crippen LogP contribution in [0, 0.1) is 0 Å². The first kappa shape index (κ1) is 11.7. The highest BCUT2D eigenvalue weighted by Gasteiger charge is 2.14. The molecule has 0 fully saturated rings. The lowest BCUT2D eigenvalue weighted by atomic mass is 10.1. The summed E-state index contributed by atoms with van der Waals surface area (Å²) >= 11 is 0. The number of nitrogens with one attached hydrogen (secondary N) is 1. The van der Waals surface area contributed by atoms with E-state index in [4.69, 9.17) is 9.52 Å². The number of carbonyl (C=O) groups is 1. The number of rotatable bonds is 2. The number of carboxylic acid groups (broad SMARTS) is 1. The van der Waals surface area contributed by atoms with Gasteiger partial charge in [-0.05, 0) is 30.3 Å². The number of aromatic carboxylic acids is 1. The minimum atomic E-state index is -0.964. The van der Waals surface area contributed by atoms with Crippen LogP contribution in [-0.2, 0) is 0 Å². The molecular weight excluding hydrogens is 268 g/mol. The van der Waals surface area contributed by atoms with Crippen LogP contribution in [0.1, 0.15) is 10.4 Å². The van der Waals surface area contributed by atoms with Crippen molar-refractivity contribution in [3.63, 3.8) is 0 Å². The molecule has 0 radical (unpaired) electrons. The lowest BCUT2D eigenvalue weighted by Gasteiger charge is -1.95. The highest BCUT2D eigenvalue weighted by atomic mass is 16.4. The zero-order chi connectivity index (χ0) is 14.4. The molecule has 0 saturated carbocycles. The number of furan rings is 1. The van der Waals surface area contributed by atoms with E-state index < -0.39 is 5.97 Å². The summed E-state index contributed by atoms with van der Waals surface area (Å²) < 4.78 is 5.79. The number of aromatic amines is 1. The highest BCUT2D eigenvalue weighted by molar-refractivity contribution is 5.99. The van der Waals surface area contributed by atoms with Gasteiger partial charge < -0.3 is 9.52 Å². The van der Waals surface area contributed by atoms with Crippen LogP contribution in [0.2, 0.25) is 0 Å². The third-order valence-corrected chi connectivity index (χ3v) is 3.47. The number of hydrogen-bond donors (Lipinski definition) is 2. The summed E-state index contributed by atoms with van der Waals surface area (Å²) in [5, 5.41) is 18.0. The topological polar surface area (TPSA) is 79.1 Å². The molecule has 5 nitrogen and oxygen atoms in total. The Hall–Kier alpha value is -3.08. The summed E-state index contributed by atoms with van der Waals surface area (Å²) in [6.45, 7) is 0. The second-order valence-electron chi connectivity index (χ2n) is 4.79. The van der Waals surface area contributed by atoms with Gasteiger partial charge in [-0.25, -0.2) is 4.79 Å². The van der Waals surface area contributed by atoms with Crippen molar-refractivity contribution < 1.29 is 14.3 Å². The fourth-order valence-corrected chi connectivity index (χ4v) is 2.43. The maximum absolute atomic E-state index is 11.1. The molecule has 21 heavy (non-hydrogen) atoms. The molecular formula is C16H10N2O3. The van der Waals surface area contributed by atoms with Gasteiger partial charge >= 0.3 is 5.97 Å². The standard InChI is InChI=1S/C16H10N2O3/c19-16(20)10-5-6-12-11(7-10)15(18-17-12)14-8-9-3-1-2-4-13(9)21-14/h1-8H,(H,17,18)(H,19,20). The third kappa shape index (κ3) is 1.79. The summed E-state index contributed by atoms with van der Waals surface area (Å²) in [4.78, 5) is 11.1. The predicted octanol–water partition coefficient (Wildman–Crippen LogP) is 3.67. The number of H-pyrrole nitrogens is 1. The average molecular weight is 278 g/mol. The van der Waals surface area contributed by atoms with E-state index >= 15 is 0 Å². The lowest BCUT2D eigenvalue weighted by molar-refractivity contribution is 0.0697. The first-order chi connectivity index (χ1) is 10.2. The van der Waals surface area contributed by atoms with Crippen molar-refractivity contribution in [2.45, 2.75) is 0 Å². The number of para-hydroxylation sites is 1. The van der Waals surface area contributed by atoms with Crippen molar-refractivity contribution in [3.8, 4) is 11.5 Å². The predicted molar refractivity (Wildman–Crippen MR) is 78.3 cm³/mol. The van der Waals surface area contributed by atoms with E-state index in [2.05, 4.69) is 10.2 Å². The second-order valence-corrected chi connectivity index (χ2v) is 4.79. The molecule has 0 amide bonds. The summed E-state index contributed by atoms with van der Waals surface area (Å²) in [5.41, 5.74) is 2.39. The van der Waals surface area contributed by atoms with Crippen LogP contribution in [0.3, 0.4) is 0 Å². The Morgan fingerprint density at radius 2 is 2.00 bits per heavy atom. The van der Waals surface area contributed by atoms with Gasteiger partial charge in [0.2, 0.25) is 0 Å². The second kappa shape index (κ2) is 4.21. The number of hydrogen-bond acceptors (Lipinski definition) is 3. The maximum Gasteiger partial charge on any atom is 0.335 e. The van der Waals surface area contributed by atoms with Crippen molar-refractivity contribution in [3.05, 3.63) is 54.1 Å². The molecule has 2 N–H and O–H groups in total. The molecule has 0 spiro atoms. The van der Waals surface area contributed by atoms with Crippen molar-refractivity contribution in [2.75, 3.05) is 0 Å². The van der Waals surface area contributed by atoms with E-state index in [1.165, 1.54) is 0 Å². The molecule has 5 heteroatoms. The van der Waals surface area contributed by atoms with Gasteiger partial charge in [-0.3, -0.25) is 5.10 Å². The molecule has 0 aliphatic heterocycles. The Morgan fingerprint density at radius 3 is 2.81 bits per heavy atom. The Balaban J connectivity index is 1.96. The van der Waals surface area contributed by atoms with E-state index in [1.54, 1.807) is 18.2 Å². The highest BCUT2D eigenvalue weighted by Crippen LogP contribution is 2.31. The molecule has 0 unspecified atom stereocenters. The van der Waals surface area contributed by atoms with Crippen LogP contribution in [0.25, 0.3) is 33.3 Å². The van der Waals surface area contributed by atoms with Crippen molar-refractivity contribution in [1.29, 1.82) is 0 Å². The molecule has 0 saturated heterocycles. The molecule has 0 aliphatic rings. The third-order valence-electron chi connectivity index (χ3n) is 3.47. The van der Waals surface area contributed by atoms with Gasteiger partial charge in [-0.1, -0.05) is 18.2 Å². The SMILES string of the molecule is O=C(O)c1ccc2[nH]nc(-c3cc4ccccc4o3)c2c1. The Bertz CT molecular complexity index is 948. The van der Waals surface area contributed by atoms with Crippen LogP contribution < -0.4 is 0 Å². The van der Waals surface area contributed by atoms with E-state index in [1.807, 2.05) is 30.3 Å². The van der Waals surface area contributed by atoms with Gasteiger partial charge in [-0.2, -0.15) is 5.10 Å². The van der Waals surface area contributed by atoms with Gasteiger partial charge in [0.15, 0.2) is 5.76 Å². The molecule has 2 aromatic heterocycles. The van der Waals surface area contributed by atoms with Gasteiger partial charge in [-0.15, -0.1) is 0 Å². The molecule has 4 rings (SSSR count). The molecule has 2 aromatic carbocycles. The molecule has 4 aromatic rings. The number of carboxylic acids is 1. The molecule has 0 atom stereocenters. The van der Waals surface area contributed by atoms with Gasteiger partial charge in [0.1, 0.15) is 11.3 Å². The van der Waals surface area contributed by atoms with E-state index in [0.717, 1.165) is 21.9 Å². The van der Waals surface area contributed by atoms with Gasteiger partial charge in [0.05, 0.1) is 11.1 Å². The smallest absolute Gasteiger partial charge is 0.335 e. The Labute approximate surface area is 118 Å². The van der Waals surface area contributed by atoms with Gasteiger partial charge in [0.25, 0.3) is 0 Å². The fraction of sp³-hybridized carbons (Fsp3) is 0. The molecule has 0 aliphatic carbocycles. The lowest BCUT2D eigenvalue weighted by Crippen LogP contribution is -1.94. The number of aromatic nitrogens is 2. The molecule has 0 bridgehead atoms. The monoisotopic (exact) mass is 278 g/mol. The van der Waals surface area contributed by atoms with Gasteiger partial charge in [0, 0.05) is 10.8 Å². The summed E-state index contributed by atoms with van der Waals surface area (Å²) in [7, 11) is 0. The molecule has 102 valence electrons. The van der Waals surface area contributed by atoms with Crippen molar-refractivity contribution >= 4 is 27.8 Å². The van der Waals surface area contributed by atoms with Crippen LogP contribution in [-0.4, -0.2) is 21.3 Å². The minimum absolute atomic E-state index is 0.223. The maximum atomic E-state index is 11.1. The first-order valence-electron chi connectivity index (χ1n) is 6.43. The normalized spacial score (nSPS) is 11.2. The average Bonchev–Trinajstić information content (AvgIpc) is 3.09. The van der Waals surface area contributed by atoms with E-state index in [9.17, 15) is 4.79 Å². The first-order valence-corrected chi connectivity index (χ1v) is 6.43. The summed E-state index contributed by atoms with van der Waals surface area (Å²) in [5.74, 6) is -0.348. The van der Waals surface area contributed by atoms with Crippen LogP contribution in [0.5, 0.6) is 0 Å². The number of nitrogens with zero attached hydrogens (tertiary/aromatic N) is 1. The van der Waals surface area contributed by atoms with Crippen molar-refractivity contribution in [1.82, 2.24) is 10.2 Å². The quantitative estimate of drug-likeness (QED) is 0.586. The van der Waals surface area contributed by atoms with Crippen LogP contribution in [0.4, 0.5) is 0 Å². The summed E-state index contributed by atoms with van der Waals surface area (Å²) in [6.07, 6.45) is 0.